The molecule has 0 unspecified atom stereocenters. The molecule has 0 fully saturated rings. The van der Waals surface area contributed by atoms with E-state index in [1.54, 1.807) is 11.3 Å². The van der Waals surface area contributed by atoms with Gasteiger partial charge in [0.1, 0.15) is 0 Å². The summed E-state index contributed by atoms with van der Waals surface area (Å²) in [6.07, 6.45) is 0. The van der Waals surface area contributed by atoms with Gasteiger partial charge in [-0.25, -0.2) is 4.98 Å². The van der Waals surface area contributed by atoms with E-state index in [2.05, 4.69) is 25.8 Å². The molecule has 0 atom stereocenters. The minimum Gasteiger partial charge on any atom is -0.325 e. The van der Waals surface area contributed by atoms with Gasteiger partial charge in [0.15, 0.2) is 0 Å². The zero-order valence-electron chi connectivity index (χ0n) is 7.22. The molecule has 2 N–H and O–H groups in total. The van der Waals surface area contributed by atoms with Crippen LogP contribution in [0.4, 0.5) is 0 Å². The fourth-order valence-electron chi connectivity index (χ4n) is 0.887. The van der Waals surface area contributed by atoms with Crippen molar-refractivity contribution in [2.75, 3.05) is 0 Å². The molecule has 0 aromatic carbocycles. The molecule has 2 nitrogen and oxygen atoms in total. The summed E-state index contributed by atoms with van der Waals surface area (Å²) < 4.78 is 0. The van der Waals surface area contributed by atoms with Crippen LogP contribution in [0.3, 0.4) is 0 Å². The molecule has 0 spiro atoms. The third-order valence-electron chi connectivity index (χ3n) is 1.60. The van der Waals surface area contributed by atoms with Crippen molar-refractivity contribution in [2.24, 2.45) is 5.73 Å². The van der Waals surface area contributed by atoms with Crippen LogP contribution >= 0.6 is 11.3 Å². The fraction of sp³-hybridized carbons (Fsp3) is 0.625. The zero-order chi connectivity index (χ0) is 8.43. The lowest BCUT2D eigenvalue weighted by atomic mass is 10.2. The van der Waals surface area contributed by atoms with Crippen LogP contribution in [0.15, 0.2) is 0 Å². The third-order valence-corrected chi connectivity index (χ3v) is 2.91. The largest absolute Gasteiger partial charge is 0.325 e. The van der Waals surface area contributed by atoms with Gasteiger partial charge in [0, 0.05) is 17.3 Å². The Labute approximate surface area is 71.5 Å². The minimum absolute atomic E-state index is 0.527. The third kappa shape index (κ3) is 1.79. The van der Waals surface area contributed by atoms with E-state index in [1.165, 1.54) is 9.88 Å². The fourth-order valence-corrected chi connectivity index (χ4v) is 1.84. The number of hydrogen-bond acceptors (Lipinski definition) is 3. The number of aryl methyl sites for hydroxylation is 1. The number of thiazole rings is 1. The van der Waals surface area contributed by atoms with E-state index in [0.717, 1.165) is 5.69 Å². The highest BCUT2D eigenvalue weighted by atomic mass is 32.1. The van der Waals surface area contributed by atoms with Crippen molar-refractivity contribution in [3.8, 4) is 0 Å². The van der Waals surface area contributed by atoms with Crippen LogP contribution in [0, 0.1) is 6.92 Å². The van der Waals surface area contributed by atoms with Gasteiger partial charge in [-0.3, -0.25) is 0 Å². The minimum atomic E-state index is 0.527. The average molecular weight is 170 g/mol. The van der Waals surface area contributed by atoms with E-state index in [-0.39, 0.29) is 0 Å². The van der Waals surface area contributed by atoms with E-state index in [4.69, 9.17) is 5.73 Å². The molecule has 0 aliphatic carbocycles. The second-order valence-electron chi connectivity index (χ2n) is 2.91. The maximum Gasteiger partial charge on any atom is 0.0956 e. The molecule has 11 heavy (non-hydrogen) atoms. The highest BCUT2D eigenvalue weighted by Gasteiger charge is 2.08. The number of nitrogens with zero attached hydrogens (tertiary/aromatic N) is 1. The summed E-state index contributed by atoms with van der Waals surface area (Å²) in [7, 11) is 0. The quantitative estimate of drug-likeness (QED) is 0.737. The normalized spacial score (nSPS) is 11.0. The van der Waals surface area contributed by atoms with Crippen molar-refractivity contribution < 1.29 is 0 Å². The zero-order valence-corrected chi connectivity index (χ0v) is 8.03. The molecular formula is C8H14N2S. The summed E-state index contributed by atoms with van der Waals surface area (Å²) in [6, 6.07) is 0. The molecule has 0 radical (unpaired) electrons. The lowest BCUT2D eigenvalue weighted by Crippen LogP contribution is -1.98. The second-order valence-corrected chi connectivity index (χ2v) is 4.15. The van der Waals surface area contributed by atoms with Gasteiger partial charge in [0.05, 0.1) is 10.7 Å². The van der Waals surface area contributed by atoms with Gasteiger partial charge in [-0.1, -0.05) is 13.8 Å². The Hall–Kier alpha value is -0.410. The van der Waals surface area contributed by atoms with Crippen LogP contribution in [-0.2, 0) is 6.54 Å². The van der Waals surface area contributed by atoms with Gasteiger partial charge in [0.2, 0.25) is 0 Å². The Morgan fingerprint density at radius 3 is 2.45 bits per heavy atom. The number of aromatic nitrogens is 1. The molecule has 0 amide bonds. The van der Waals surface area contributed by atoms with Crippen LogP contribution in [0.5, 0.6) is 0 Å². The van der Waals surface area contributed by atoms with Crippen LogP contribution in [0.1, 0.15) is 35.3 Å². The van der Waals surface area contributed by atoms with Crippen LogP contribution in [-0.4, -0.2) is 4.98 Å². The van der Waals surface area contributed by atoms with Gasteiger partial charge < -0.3 is 5.73 Å². The Kier molecular flexibility index (Phi) is 2.62. The van der Waals surface area contributed by atoms with Crippen molar-refractivity contribution in [1.29, 1.82) is 0 Å². The Morgan fingerprint density at radius 1 is 1.55 bits per heavy atom. The summed E-state index contributed by atoms with van der Waals surface area (Å²) in [5.41, 5.74) is 6.56. The highest BCUT2D eigenvalue weighted by Crippen LogP contribution is 2.23. The van der Waals surface area contributed by atoms with E-state index in [1.807, 2.05) is 0 Å². The van der Waals surface area contributed by atoms with Gasteiger partial charge in [0.25, 0.3) is 0 Å². The first-order chi connectivity index (χ1) is 5.15. The molecular weight excluding hydrogens is 156 g/mol. The molecule has 0 saturated heterocycles. The molecule has 0 aliphatic heterocycles. The summed E-state index contributed by atoms with van der Waals surface area (Å²) >= 11 is 1.76. The van der Waals surface area contributed by atoms with Gasteiger partial charge in [-0.05, 0) is 6.92 Å². The topological polar surface area (TPSA) is 38.9 Å². The molecule has 1 rings (SSSR count). The Balaban J connectivity index is 2.95. The Morgan fingerprint density at radius 2 is 2.18 bits per heavy atom. The lowest BCUT2D eigenvalue weighted by molar-refractivity contribution is 0.836. The predicted octanol–water partition coefficient (Wildman–Crippen LogP) is 2.03. The van der Waals surface area contributed by atoms with Crippen molar-refractivity contribution in [1.82, 2.24) is 4.98 Å². The van der Waals surface area contributed by atoms with Gasteiger partial charge in [-0.2, -0.15) is 0 Å². The average Bonchev–Trinajstić information content (AvgIpc) is 2.31. The molecule has 3 heteroatoms. The first kappa shape index (κ1) is 8.68. The smallest absolute Gasteiger partial charge is 0.0956 e. The van der Waals surface area contributed by atoms with Crippen LogP contribution < -0.4 is 5.73 Å². The molecule has 0 aliphatic rings. The predicted molar refractivity (Wildman–Crippen MR) is 48.8 cm³/mol. The molecule has 1 aromatic heterocycles. The first-order valence-electron chi connectivity index (χ1n) is 3.81. The summed E-state index contributed by atoms with van der Waals surface area (Å²) in [5, 5.41) is 1.20. The number of rotatable bonds is 2. The molecule has 1 aromatic rings. The van der Waals surface area contributed by atoms with Crippen molar-refractivity contribution >= 4 is 11.3 Å². The lowest BCUT2D eigenvalue weighted by Gasteiger charge is -1.95. The van der Waals surface area contributed by atoms with E-state index >= 15 is 0 Å². The maximum absolute atomic E-state index is 5.51. The standard InChI is InChI=1S/C8H14N2S/c1-5(2)8-10-7(4-9)6(3)11-8/h5H,4,9H2,1-3H3. The van der Waals surface area contributed by atoms with Crippen LogP contribution in [0.25, 0.3) is 0 Å². The van der Waals surface area contributed by atoms with Gasteiger partial charge in [-0.15, -0.1) is 11.3 Å². The highest BCUT2D eigenvalue weighted by molar-refractivity contribution is 7.11. The van der Waals surface area contributed by atoms with Gasteiger partial charge >= 0.3 is 0 Å². The van der Waals surface area contributed by atoms with Crippen molar-refractivity contribution in [2.45, 2.75) is 33.2 Å². The maximum atomic E-state index is 5.51. The SMILES string of the molecule is Cc1sc(C(C)C)nc1CN. The molecule has 0 bridgehead atoms. The van der Waals surface area contributed by atoms with E-state index in [0.29, 0.717) is 12.5 Å². The van der Waals surface area contributed by atoms with E-state index in [9.17, 15) is 0 Å². The number of hydrogen-bond donors (Lipinski definition) is 1. The van der Waals surface area contributed by atoms with Crippen LogP contribution in [0.2, 0.25) is 0 Å². The number of nitrogens with two attached hydrogens (primary N) is 1. The van der Waals surface area contributed by atoms with Crippen molar-refractivity contribution in [3.63, 3.8) is 0 Å². The van der Waals surface area contributed by atoms with Crippen molar-refractivity contribution in [3.05, 3.63) is 15.6 Å². The summed E-state index contributed by atoms with van der Waals surface area (Å²) in [5.74, 6) is 0.527. The summed E-state index contributed by atoms with van der Waals surface area (Å²) in [4.78, 5) is 5.68. The molecule has 0 saturated carbocycles. The molecule has 62 valence electrons. The summed E-state index contributed by atoms with van der Waals surface area (Å²) in [6.45, 7) is 6.94. The second kappa shape index (κ2) is 3.32. The molecule has 1 heterocycles. The monoisotopic (exact) mass is 170 g/mol. The Bertz CT molecular complexity index is 240. The first-order valence-corrected chi connectivity index (χ1v) is 4.63. The van der Waals surface area contributed by atoms with E-state index < -0.39 is 0 Å².